The second-order valence-electron chi connectivity index (χ2n) is 6.31. The van der Waals surface area contributed by atoms with Crippen LogP contribution in [0.2, 0.25) is 0 Å². The molecule has 0 aromatic carbocycles. The maximum absolute atomic E-state index is 12.6. The van der Waals surface area contributed by atoms with Crippen molar-refractivity contribution in [3.63, 3.8) is 0 Å². The molecule has 4 fully saturated rings. The molecule has 18 heavy (non-hydrogen) atoms. The standard InChI is InChI=1S/C14H19NO3/c16-13(15-4-2-1-3-5-15)11-8-6-9-10(7-8)18-14(17)12(9)11/h8-12H,1-7H2/t8-,9+,10-,11+,12-/m1/s1. The van der Waals surface area contributed by atoms with Crippen molar-refractivity contribution >= 4 is 11.9 Å². The number of hydrogen-bond acceptors (Lipinski definition) is 3. The van der Waals surface area contributed by atoms with Crippen LogP contribution in [0.1, 0.15) is 32.1 Å². The van der Waals surface area contributed by atoms with Gasteiger partial charge in [0.05, 0.1) is 11.8 Å². The first-order valence-electron chi connectivity index (χ1n) is 7.25. The van der Waals surface area contributed by atoms with Gasteiger partial charge in [-0.1, -0.05) is 0 Å². The van der Waals surface area contributed by atoms with Crippen LogP contribution >= 0.6 is 0 Å². The molecule has 2 saturated carbocycles. The molecular weight excluding hydrogens is 230 g/mol. The Morgan fingerprint density at radius 1 is 1.17 bits per heavy atom. The van der Waals surface area contributed by atoms with E-state index in [0.29, 0.717) is 11.8 Å². The fourth-order valence-corrected chi connectivity index (χ4v) is 4.67. The van der Waals surface area contributed by atoms with Gasteiger partial charge in [-0.15, -0.1) is 0 Å². The molecule has 0 aromatic rings. The fraction of sp³-hybridized carbons (Fsp3) is 0.857. The van der Waals surface area contributed by atoms with Gasteiger partial charge in [-0.05, 0) is 38.0 Å². The summed E-state index contributed by atoms with van der Waals surface area (Å²) < 4.78 is 5.40. The number of amides is 1. The monoisotopic (exact) mass is 249 g/mol. The highest BCUT2D eigenvalue weighted by Gasteiger charge is 2.64. The number of rotatable bonds is 1. The third-order valence-electron chi connectivity index (χ3n) is 5.44. The summed E-state index contributed by atoms with van der Waals surface area (Å²) in [6, 6.07) is 0. The quantitative estimate of drug-likeness (QED) is 0.656. The molecule has 2 saturated heterocycles. The van der Waals surface area contributed by atoms with Gasteiger partial charge in [0.25, 0.3) is 0 Å². The van der Waals surface area contributed by atoms with E-state index in [1.807, 2.05) is 4.90 Å². The van der Waals surface area contributed by atoms with Crippen LogP contribution in [0.3, 0.4) is 0 Å². The van der Waals surface area contributed by atoms with Gasteiger partial charge in [0.2, 0.25) is 5.91 Å². The van der Waals surface area contributed by atoms with E-state index in [-0.39, 0.29) is 29.8 Å². The zero-order valence-electron chi connectivity index (χ0n) is 10.5. The molecule has 0 N–H and O–H groups in total. The van der Waals surface area contributed by atoms with Crippen LogP contribution in [-0.4, -0.2) is 36.0 Å². The fourth-order valence-electron chi connectivity index (χ4n) is 4.67. The molecule has 0 aromatic heterocycles. The van der Waals surface area contributed by atoms with Gasteiger partial charge in [0.1, 0.15) is 6.10 Å². The second kappa shape index (κ2) is 3.72. The molecule has 0 spiro atoms. The average molecular weight is 249 g/mol. The summed E-state index contributed by atoms with van der Waals surface area (Å²) >= 11 is 0. The van der Waals surface area contributed by atoms with E-state index in [1.165, 1.54) is 6.42 Å². The first-order valence-corrected chi connectivity index (χ1v) is 7.25. The minimum atomic E-state index is -0.108. The first-order chi connectivity index (χ1) is 8.75. The Hall–Kier alpha value is -1.06. The number of nitrogens with zero attached hydrogens (tertiary/aromatic N) is 1. The molecule has 0 radical (unpaired) electrons. The van der Waals surface area contributed by atoms with E-state index < -0.39 is 0 Å². The van der Waals surface area contributed by atoms with E-state index in [2.05, 4.69) is 0 Å². The lowest BCUT2D eigenvalue weighted by molar-refractivity contribution is -0.148. The van der Waals surface area contributed by atoms with Crippen LogP contribution in [0.25, 0.3) is 0 Å². The van der Waals surface area contributed by atoms with Crippen molar-refractivity contribution in [2.75, 3.05) is 13.1 Å². The third-order valence-corrected chi connectivity index (χ3v) is 5.44. The predicted octanol–water partition coefficient (Wildman–Crippen LogP) is 1.20. The van der Waals surface area contributed by atoms with Crippen LogP contribution in [-0.2, 0) is 14.3 Å². The average Bonchev–Trinajstić information content (AvgIpc) is 3.00. The topological polar surface area (TPSA) is 46.6 Å². The molecule has 4 nitrogen and oxygen atoms in total. The van der Waals surface area contributed by atoms with Crippen molar-refractivity contribution in [3.8, 4) is 0 Å². The van der Waals surface area contributed by atoms with Crippen LogP contribution in [0.15, 0.2) is 0 Å². The predicted molar refractivity (Wildman–Crippen MR) is 63.5 cm³/mol. The van der Waals surface area contributed by atoms with Gasteiger partial charge in [-0.3, -0.25) is 9.59 Å². The molecule has 2 bridgehead atoms. The highest BCUT2D eigenvalue weighted by Crippen LogP contribution is 2.58. The van der Waals surface area contributed by atoms with Gasteiger partial charge in [0, 0.05) is 19.0 Å². The van der Waals surface area contributed by atoms with Crippen molar-refractivity contribution < 1.29 is 14.3 Å². The van der Waals surface area contributed by atoms with E-state index in [9.17, 15) is 9.59 Å². The van der Waals surface area contributed by atoms with Gasteiger partial charge in [-0.25, -0.2) is 0 Å². The molecule has 2 aliphatic carbocycles. The maximum Gasteiger partial charge on any atom is 0.310 e. The number of piperidine rings is 1. The first kappa shape index (κ1) is 10.8. The lowest BCUT2D eigenvalue weighted by Gasteiger charge is -2.33. The lowest BCUT2D eigenvalue weighted by Crippen LogP contribution is -2.44. The van der Waals surface area contributed by atoms with E-state index in [0.717, 1.165) is 38.8 Å². The number of carbonyl (C=O) groups is 2. The molecule has 5 atom stereocenters. The molecule has 1 amide bonds. The largest absolute Gasteiger partial charge is 0.462 e. The van der Waals surface area contributed by atoms with Crippen LogP contribution in [0, 0.1) is 23.7 Å². The lowest BCUT2D eigenvalue weighted by atomic mass is 9.79. The smallest absolute Gasteiger partial charge is 0.310 e. The number of hydrogen-bond donors (Lipinski definition) is 0. The minimum absolute atomic E-state index is 0.0562. The van der Waals surface area contributed by atoms with Gasteiger partial charge in [-0.2, -0.15) is 0 Å². The van der Waals surface area contributed by atoms with Gasteiger partial charge in [0.15, 0.2) is 0 Å². The Morgan fingerprint density at radius 2 is 1.94 bits per heavy atom. The van der Waals surface area contributed by atoms with Crippen molar-refractivity contribution in [1.29, 1.82) is 0 Å². The van der Waals surface area contributed by atoms with Crippen LogP contribution < -0.4 is 0 Å². The summed E-state index contributed by atoms with van der Waals surface area (Å²) in [5.41, 5.74) is 0. The van der Waals surface area contributed by atoms with Gasteiger partial charge < -0.3 is 9.64 Å². The SMILES string of the molecule is O=C1O[C@@H]2C[C@H]3C[C@@H]2[C@@H]1[C@H]3C(=O)N1CCCCC1. The number of likely N-dealkylation sites (tertiary alicyclic amines) is 1. The molecule has 4 heteroatoms. The summed E-state index contributed by atoms with van der Waals surface area (Å²) in [6.07, 6.45) is 5.56. The summed E-state index contributed by atoms with van der Waals surface area (Å²) in [5.74, 6) is 0.736. The zero-order chi connectivity index (χ0) is 12.3. The van der Waals surface area contributed by atoms with Crippen molar-refractivity contribution in [3.05, 3.63) is 0 Å². The molecule has 4 aliphatic rings. The zero-order valence-corrected chi connectivity index (χ0v) is 10.5. The maximum atomic E-state index is 12.6. The molecule has 98 valence electrons. The Balaban J connectivity index is 1.57. The third kappa shape index (κ3) is 1.32. The second-order valence-corrected chi connectivity index (χ2v) is 6.31. The highest BCUT2D eigenvalue weighted by molar-refractivity contribution is 5.88. The molecule has 0 unspecified atom stereocenters. The normalized spacial score (nSPS) is 45.4. The van der Waals surface area contributed by atoms with Crippen molar-refractivity contribution in [2.45, 2.75) is 38.2 Å². The Kier molecular flexibility index (Phi) is 2.24. The molecule has 4 rings (SSSR count). The minimum Gasteiger partial charge on any atom is -0.462 e. The Bertz CT molecular complexity index is 400. The van der Waals surface area contributed by atoms with Crippen LogP contribution in [0.4, 0.5) is 0 Å². The van der Waals surface area contributed by atoms with E-state index >= 15 is 0 Å². The van der Waals surface area contributed by atoms with Crippen molar-refractivity contribution in [2.24, 2.45) is 23.7 Å². The summed E-state index contributed by atoms with van der Waals surface area (Å²) in [4.78, 5) is 26.5. The number of esters is 1. The number of fused-ring (bicyclic) bond motifs is 1. The van der Waals surface area contributed by atoms with Crippen molar-refractivity contribution in [1.82, 2.24) is 4.90 Å². The Labute approximate surface area is 107 Å². The Morgan fingerprint density at radius 3 is 2.72 bits per heavy atom. The summed E-state index contributed by atoms with van der Waals surface area (Å²) in [7, 11) is 0. The summed E-state index contributed by atoms with van der Waals surface area (Å²) in [5, 5.41) is 0. The summed E-state index contributed by atoms with van der Waals surface area (Å²) in [6.45, 7) is 1.77. The van der Waals surface area contributed by atoms with E-state index in [1.54, 1.807) is 0 Å². The van der Waals surface area contributed by atoms with E-state index in [4.69, 9.17) is 4.74 Å². The van der Waals surface area contributed by atoms with Gasteiger partial charge >= 0.3 is 5.97 Å². The number of carbonyl (C=O) groups excluding carboxylic acids is 2. The number of ether oxygens (including phenoxy) is 1. The molecule has 2 aliphatic heterocycles. The highest BCUT2D eigenvalue weighted by atomic mass is 16.6. The van der Waals surface area contributed by atoms with Crippen LogP contribution in [0.5, 0.6) is 0 Å². The molecular formula is C14H19NO3. The molecule has 2 heterocycles.